The van der Waals surface area contributed by atoms with Gasteiger partial charge >= 0.3 is 10.1 Å². The van der Waals surface area contributed by atoms with E-state index < -0.39 is 10.1 Å². The molecule has 2 aromatic carbocycles. The van der Waals surface area contributed by atoms with E-state index in [4.69, 9.17) is 13.7 Å². The van der Waals surface area contributed by atoms with Gasteiger partial charge in [-0.15, -0.1) is 0 Å². The Hall–Kier alpha value is -2.21. The van der Waals surface area contributed by atoms with Crippen LogP contribution >= 0.6 is 0 Å². The minimum absolute atomic E-state index is 0.0397. The molecule has 6 heteroatoms. The zero-order valence-corrected chi connectivity index (χ0v) is 15.4. The average molecular weight is 364 g/mol. The largest absolute Gasteiger partial charge is 0.493 e. The van der Waals surface area contributed by atoms with Crippen LogP contribution < -0.4 is 13.7 Å². The molecule has 0 heterocycles. The molecule has 0 saturated carbocycles. The van der Waals surface area contributed by atoms with E-state index in [1.54, 1.807) is 19.2 Å². The van der Waals surface area contributed by atoms with Gasteiger partial charge in [-0.1, -0.05) is 37.6 Å². The molecule has 0 spiro atoms. The smallest absolute Gasteiger partial charge is 0.309 e. The second-order valence-electron chi connectivity index (χ2n) is 5.59. The molecular weight excluding hydrogens is 340 g/mol. The first kappa shape index (κ1) is 19.1. The number of ether oxygens (including phenoxy) is 2. The van der Waals surface area contributed by atoms with Gasteiger partial charge in [0.2, 0.25) is 0 Å². The van der Waals surface area contributed by atoms with Crippen molar-refractivity contribution in [3.05, 3.63) is 54.1 Å². The summed E-state index contributed by atoms with van der Waals surface area (Å²) >= 11 is 0. The first-order valence-corrected chi connectivity index (χ1v) is 9.88. The fraction of sp³-hybridized carbons (Fsp3) is 0.368. The van der Waals surface area contributed by atoms with E-state index in [0.29, 0.717) is 36.7 Å². The van der Waals surface area contributed by atoms with E-state index >= 15 is 0 Å². The molecule has 0 N–H and O–H groups in total. The Morgan fingerprint density at radius 1 is 0.960 bits per heavy atom. The van der Waals surface area contributed by atoms with Crippen molar-refractivity contribution in [2.24, 2.45) is 0 Å². The molecule has 0 bridgehead atoms. The summed E-state index contributed by atoms with van der Waals surface area (Å²) in [5.41, 5.74) is 1.04. The van der Waals surface area contributed by atoms with E-state index in [-0.39, 0.29) is 5.75 Å². The lowest BCUT2D eigenvalue weighted by molar-refractivity contribution is 0.297. The molecule has 0 aliphatic carbocycles. The third kappa shape index (κ3) is 6.31. The van der Waals surface area contributed by atoms with Crippen LogP contribution in [0.3, 0.4) is 0 Å². The Morgan fingerprint density at radius 3 is 2.28 bits per heavy atom. The molecular formula is C19H24O5S. The molecule has 0 aromatic heterocycles. The highest BCUT2D eigenvalue weighted by Crippen LogP contribution is 2.26. The van der Waals surface area contributed by atoms with Crippen molar-refractivity contribution in [3.8, 4) is 17.2 Å². The van der Waals surface area contributed by atoms with Gasteiger partial charge in [0.25, 0.3) is 0 Å². The summed E-state index contributed by atoms with van der Waals surface area (Å²) in [5.74, 6) is 1.78. The number of benzene rings is 2. The van der Waals surface area contributed by atoms with Crippen LogP contribution in [0.2, 0.25) is 0 Å². The number of rotatable bonds is 10. The third-order valence-corrected chi connectivity index (χ3v) is 4.85. The molecule has 0 aliphatic rings. The minimum Gasteiger partial charge on any atom is -0.493 e. The fourth-order valence-corrected chi connectivity index (χ4v) is 3.37. The summed E-state index contributed by atoms with van der Waals surface area (Å²) in [6.07, 6.45) is 2.11. The summed E-state index contributed by atoms with van der Waals surface area (Å²) in [4.78, 5) is 0. The first-order chi connectivity index (χ1) is 12.0. The van der Waals surface area contributed by atoms with Gasteiger partial charge in [-0.3, -0.25) is 0 Å². The van der Waals surface area contributed by atoms with E-state index in [2.05, 4.69) is 0 Å². The molecule has 5 nitrogen and oxygen atoms in total. The normalized spacial score (nSPS) is 11.1. The second kappa shape index (κ2) is 9.32. The molecule has 0 atom stereocenters. The Morgan fingerprint density at radius 2 is 1.64 bits per heavy atom. The monoisotopic (exact) mass is 364 g/mol. The highest BCUT2D eigenvalue weighted by molar-refractivity contribution is 7.87. The number of para-hydroxylation sites is 2. The van der Waals surface area contributed by atoms with E-state index in [1.165, 1.54) is 0 Å². The van der Waals surface area contributed by atoms with Crippen LogP contribution in [0, 0.1) is 0 Å². The average Bonchev–Trinajstić information content (AvgIpc) is 2.61. The third-order valence-electron chi connectivity index (χ3n) is 3.61. The van der Waals surface area contributed by atoms with E-state index in [1.807, 2.05) is 43.3 Å². The van der Waals surface area contributed by atoms with Crippen LogP contribution in [-0.2, 0) is 16.5 Å². The molecule has 2 rings (SSSR count). The van der Waals surface area contributed by atoms with Gasteiger partial charge in [-0.25, -0.2) is 0 Å². The lowest BCUT2D eigenvalue weighted by Gasteiger charge is -2.10. The van der Waals surface area contributed by atoms with Crippen LogP contribution in [0.4, 0.5) is 0 Å². The predicted molar refractivity (Wildman–Crippen MR) is 98.0 cm³/mol. The van der Waals surface area contributed by atoms with Crippen molar-refractivity contribution in [3.63, 3.8) is 0 Å². The molecule has 0 fully saturated rings. The molecule has 136 valence electrons. The molecule has 0 aliphatic heterocycles. The summed E-state index contributed by atoms with van der Waals surface area (Å²) in [6.45, 7) is 2.44. The highest BCUT2D eigenvalue weighted by atomic mass is 32.2. The zero-order chi connectivity index (χ0) is 18.1. The van der Waals surface area contributed by atoms with Crippen LogP contribution in [0.1, 0.15) is 25.3 Å². The van der Waals surface area contributed by atoms with Crippen LogP contribution in [0.15, 0.2) is 48.5 Å². The molecule has 2 aromatic rings. The van der Waals surface area contributed by atoms with Crippen molar-refractivity contribution >= 4 is 10.1 Å². The van der Waals surface area contributed by atoms with Gasteiger partial charge in [0, 0.05) is 6.42 Å². The van der Waals surface area contributed by atoms with Crippen molar-refractivity contribution in [1.29, 1.82) is 0 Å². The topological polar surface area (TPSA) is 61.8 Å². The first-order valence-electron chi connectivity index (χ1n) is 8.31. The van der Waals surface area contributed by atoms with Crippen molar-refractivity contribution in [1.82, 2.24) is 0 Å². The minimum atomic E-state index is -3.51. The maximum absolute atomic E-state index is 11.8. The van der Waals surface area contributed by atoms with Crippen molar-refractivity contribution in [2.75, 3.05) is 19.5 Å². The second-order valence-corrected chi connectivity index (χ2v) is 7.28. The Balaban J connectivity index is 1.86. The standard InChI is InChI=1S/C19H24O5S/c1-3-4-15-25(20,21)24-17-11-9-16(10-12-17)13-14-23-19-8-6-5-7-18(19)22-2/h5-12H,3-4,13-15H2,1-2H3. The summed E-state index contributed by atoms with van der Waals surface area (Å²) in [5, 5.41) is 0. The fourth-order valence-electron chi connectivity index (χ4n) is 2.24. The van der Waals surface area contributed by atoms with Gasteiger partial charge in [-0.05, 0) is 36.2 Å². The Bertz CT molecular complexity index is 754. The molecule has 0 amide bonds. The number of hydrogen-bond donors (Lipinski definition) is 0. The van der Waals surface area contributed by atoms with Gasteiger partial charge in [0.05, 0.1) is 19.5 Å². The van der Waals surface area contributed by atoms with Gasteiger partial charge in [-0.2, -0.15) is 8.42 Å². The number of hydrogen-bond acceptors (Lipinski definition) is 5. The highest BCUT2D eigenvalue weighted by Gasteiger charge is 2.11. The Kier molecular flexibility index (Phi) is 7.13. The van der Waals surface area contributed by atoms with Gasteiger partial charge in [0.1, 0.15) is 5.75 Å². The maximum atomic E-state index is 11.8. The van der Waals surface area contributed by atoms with Gasteiger partial charge < -0.3 is 13.7 Å². The van der Waals surface area contributed by atoms with Crippen molar-refractivity contribution < 1.29 is 22.1 Å². The van der Waals surface area contributed by atoms with Crippen LogP contribution in [0.5, 0.6) is 17.2 Å². The summed E-state index contributed by atoms with van der Waals surface area (Å²) in [6, 6.07) is 14.5. The van der Waals surface area contributed by atoms with Gasteiger partial charge in [0.15, 0.2) is 11.5 Å². The van der Waals surface area contributed by atoms with E-state index in [0.717, 1.165) is 12.0 Å². The summed E-state index contributed by atoms with van der Waals surface area (Å²) < 4.78 is 39.6. The Labute approximate surface area is 149 Å². The molecule has 0 saturated heterocycles. The van der Waals surface area contributed by atoms with Crippen LogP contribution in [0.25, 0.3) is 0 Å². The van der Waals surface area contributed by atoms with Crippen molar-refractivity contribution in [2.45, 2.75) is 26.2 Å². The number of methoxy groups -OCH3 is 1. The maximum Gasteiger partial charge on any atom is 0.309 e. The molecule has 0 radical (unpaired) electrons. The molecule has 0 unspecified atom stereocenters. The lowest BCUT2D eigenvalue weighted by Crippen LogP contribution is -2.13. The zero-order valence-electron chi connectivity index (χ0n) is 14.6. The lowest BCUT2D eigenvalue weighted by atomic mass is 10.1. The molecule has 25 heavy (non-hydrogen) atoms. The van der Waals surface area contributed by atoms with Crippen LogP contribution in [-0.4, -0.2) is 27.9 Å². The SMILES string of the molecule is CCCCS(=O)(=O)Oc1ccc(CCOc2ccccc2OC)cc1. The predicted octanol–water partition coefficient (Wildman–Crippen LogP) is 3.83. The van der Waals surface area contributed by atoms with E-state index in [9.17, 15) is 8.42 Å². The quantitative estimate of drug-likeness (QED) is 0.600. The number of unbranched alkanes of at least 4 members (excludes halogenated alkanes) is 1. The summed E-state index contributed by atoms with van der Waals surface area (Å²) in [7, 11) is -1.90.